The molecule has 4 heteroatoms. The van der Waals surface area contributed by atoms with Crippen molar-refractivity contribution in [3.63, 3.8) is 0 Å². The van der Waals surface area contributed by atoms with E-state index in [4.69, 9.17) is 10.5 Å². The molecule has 4 nitrogen and oxygen atoms in total. The number of methoxy groups -OCH3 is 1. The van der Waals surface area contributed by atoms with Crippen molar-refractivity contribution in [2.45, 2.75) is 63.5 Å². The van der Waals surface area contributed by atoms with Gasteiger partial charge in [-0.2, -0.15) is 0 Å². The minimum atomic E-state index is -0.145. The van der Waals surface area contributed by atoms with Crippen LogP contribution in [0.1, 0.15) is 51.0 Å². The number of nitrogens with one attached hydrogen (secondary N) is 1. The normalized spacial score (nSPS) is 29.2. The van der Waals surface area contributed by atoms with E-state index in [0.29, 0.717) is 0 Å². The average Bonchev–Trinajstić information content (AvgIpc) is 2.48. The lowest BCUT2D eigenvalue weighted by Crippen LogP contribution is -2.76. The summed E-state index contributed by atoms with van der Waals surface area (Å²) in [5.41, 5.74) is 7.12. The summed E-state index contributed by atoms with van der Waals surface area (Å²) in [6, 6.07) is 8.31. The Kier molecular flexibility index (Phi) is 4.37. The molecule has 0 radical (unpaired) electrons. The van der Waals surface area contributed by atoms with Gasteiger partial charge in [0.1, 0.15) is 5.75 Å². The molecule has 0 heterocycles. The Labute approximate surface area is 138 Å². The van der Waals surface area contributed by atoms with Gasteiger partial charge in [0.25, 0.3) is 0 Å². The largest absolute Gasteiger partial charge is 0.497 e. The highest BCUT2D eigenvalue weighted by molar-refractivity contribution is 5.87. The fourth-order valence-corrected chi connectivity index (χ4v) is 4.21. The van der Waals surface area contributed by atoms with Gasteiger partial charge in [-0.15, -0.1) is 0 Å². The second-order valence-electron chi connectivity index (χ2n) is 7.54. The summed E-state index contributed by atoms with van der Waals surface area (Å²) in [4.78, 5) is 12.6. The van der Waals surface area contributed by atoms with Crippen molar-refractivity contribution in [2.24, 2.45) is 11.1 Å². The zero-order valence-corrected chi connectivity index (χ0v) is 14.2. The molecule has 3 aliphatic carbocycles. The van der Waals surface area contributed by atoms with E-state index < -0.39 is 0 Å². The zero-order valence-electron chi connectivity index (χ0n) is 14.2. The Bertz CT molecular complexity index is 565. The van der Waals surface area contributed by atoms with E-state index in [1.165, 1.54) is 5.56 Å². The van der Waals surface area contributed by atoms with Crippen molar-refractivity contribution in [3.05, 3.63) is 29.8 Å². The van der Waals surface area contributed by atoms with E-state index in [-0.39, 0.29) is 22.9 Å². The van der Waals surface area contributed by atoms with E-state index in [9.17, 15) is 4.79 Å². The number of benzene rings is 1. The van der Waals surface area contributed by atoms with Gasteiger partial charge in [0.05, 0.1) is 12.5 Å². The second kappa shape index (κ2) is 6.16. The summed E-state index contributed by atoms with van der Waals surface area (Å²) < 4.78 is 5.30. The van der Waals surface area contributed by atoms with Crippen molar-refractivity contribution in [3.8, 4) is 5.75 Å². The topological polar surface area (TPSA) is 64.3 Å². The highest BCUT2D eigenvalue weighted by atomic mass is 16.5. The Balaban J connectivity index is 1.61. The van der Waals surface area contributed by atoms with Crippen LogP contribution in [0.3, 0.4) is 0 Å². The molecular formula is C19H28N2O2. The molecule has 1 aromatic carbocycles. The summed E-state index contributed by atoms with van der Waals surface area (Å²) in [6.07, 6.45) is 6.74. The molecule has 0 aliphatic heterocycles. The van der Waals surface area contributed by atoms with Crippen LogP contribution in [0.5, 0.6) is 5.75 Å². The number of hydrogen-bond donors (Lipinski definition) is 2. The molecule has 23 heavy (non-hydrogen) atoms. The minimum absolute atomic E-state index is 0.0248. The molecule has 1 atom stereocenters. The summed E-state index contributed by atoms with van der Waals surface area (Å²) in [6.45, 7) is 2.18. The number of unbranched alkanes of at least 4 members (excludes halogenated alkanes) is 1. The van der Waals surface area contributed by atoms with E-state index in [0.717, 1.165) is 50.7 Å². The molecule has 126 valence electrons. The minimum Gasteiger partial charge on any atom is -0.497 e. The molecule has 3 fully saturated rings. The first kappa shape index (κ1) is 16.3. The number of nitrogens with two attached hydrogens (primary N) is 1. The summed E-state index contributed by atoms with van der Waals surface area (Å²) in [7, 11) is 1.68. The third-order valence-corrected chi connectivity index (χ3v) is 5.41. The lowest BCUT2D eigenvalue weighted by Gasteiger charge is -2.67. The smallest absolute Gasteiger partial charge is 0.226 e. The lowest BCUT2D eigenvalue weighted by molar-refractivity contribution is -0.173. The van der Waals surface area contributed by atoms with Gasteiger partial charge in [0, 0.05) is 11.6 Å². The highest BCUT2D eigenvalue weighted by Crippen LogP contribution is 2.65. The third kappa shape index (κ3) is 3.23. The van der Waals surface area contributed by atoms with Gasteiger partial charge in [0.15, 0.2) is 0 Å². The van der Waals surface area contributed by atoms with Crippen molar-refractivity contribution in [2.75, 3.05) is 7.11 Å². The number of amides is 1. The first-order valence-corrected chi connectivity index (χ1v) is 8.71. The van der Waals surface area contributed by atoms with Crippen LogP contribution in [0.2, 0.25) is 0 Å². The lowest BCUT2D eigenvalue weighted by atomic mass is 9.39. The maximum Gasteiger partial charge on any atom is 0.226 e. The molecule has 3 N–H and O–H groups in total. The number of hydrogen-bond acceptors (Lipinski definition) is 3. The highest BCUT2D eigenvalue weighted by Gasteiger charge is 2.69. The fourth-order valence-electron chi connectivity index (χ4n) is 4.21. The van der Waals surface area contributed by atoms with Crippen LogP contribution in [0, 0.1) is 5.41 Å². The summed E-state index contributed by atoms with van der Waals surface area (Å²) >= 11 is 0. The molecule has 1 amide bonds. The van der Waals surface area contributed by atoms with Gasteiger partial charge in [-0.1, -0.05) is 31.9 Å². The Morgan fingerprint density at radius 2 is 2.13 bits per heavy atom. The van der Waals surface area contributed by atoms with E-state index >= 15 is 0 Å². The van der Waals surface area contributed by atoms with Gasteiger partial charge in [0.2, 0.25) is 5.91 Å². The van der Waals surface area contributed by atoms with Gasteiger partial charge >= 0.3 is 0 Å². The number of carbonyl (C=O) groups is 1. The fraction of sp³-hybridized carbons (Fsp3) is 0.632. The first-order chi connectivity index (χ1) is 11.0. The predicted molar refractivity (Wildman–Crippen MR) is 91.4 cm³/mol. The van der Waals surface area contributed by atoms with Gasteiger partial charge < -0.3 is 15.8 Å². The third-order valence-electron chi connectivity index (χ3n) is 5.41. The van der Waals surface area contributed by atoms with Gasteiger partial charge in [-0.3, -0.25) is 4.79 Å². The maximum atomic E-state index is 12.6. The van der Waals surface area contributed by atoms with Gasteiger partial charge in [-0.25, -0.2) is 0 Å². The Hall–Kier alpha value is -1.55. The number of carbonyl (C=O) groups excluding carboxylic acids is 1. The molecule has 0 saturated heterocycles. The van der Waals surface area contributed by atoms with Crippen molar-refractivity contribution >= 4 is 5.91 Å². The molecule has 1 unspecified atom stereocenters. The first-order valence-electron chi connectivity index (χ1n) is 8.71. The maximum absolute atomic E-state index is 12.6. The van der Waals surface area contributed by atoms with Crippen LogP contribution in [0.15, 0.2) is 24.3 Å². The Morgan fingerprint density at radius 3 is 2.74 bits per heavy atom. The number of ether oxygens (including phenoxy) is 1. The predicted octanol–water partition coefficient (Wildman–Crippen LogP) is 2.79. The van der Waals surface area contributed by atoms with Crippen LogP contribution in [0.25, 0.3) is 0 Å². The Morgan fingerprint density at radius 1 is 1.39 bits per heavy atom. The van der Waals surface area contributed by atoms with Crippen LogP contribution in [0.4, 0.5) is 0 Å². The van der Waals surface area contributed by atoms with E-state index in [2.05, 4.69) is 24.4 Å². The SMILES string of the molecule is CCCCC(Cc1cccc(OC)c1)NC(=O)C12CC(N)(C1)C2. The average molecular weight is 316 g/mol. The van der Waals surface area contributed by atoms with Crippen molar-refractivity contribution in [1.82, 2.24) is 5.32 Å². The second-order valence-corrected chi connectivity index (χ2v) is 7.54. The van der Waals surface area contributed by atoms with E-state index in [1.807, 2.05) is 12.1 Å². The molecule has 1 aromatic rings. The summed E-state index contributed by atoms with van der Waals surface area (Å²) in [5, 5.41) is 3.30. The molecule has 0 spiro atoms. The van der Waals surface area contributed by atoms with Crippen LogP contribution < -0.4 is 15.8 Å². The van der Waals surface area contributed by atoms with Crippen LogP contribution in [-0.2, 0) is 11.2 Å². The van der Waals surface area contributed by atoms with Crippen LogP contribution >= 0.6 is 0 Å². The molecule has 3 aliphatic rings. The van der Waals surface area contributed by atoms with Crippen molar-refractivity contribution < 1.29 is 9.53 Å². The van der Waals surface area contributed by atoms with Gasteiger partial charge in [-0.05, 0) is 49.8 Å². The molecule has 3 saturated carbocycles. The standard InChI is InChI=1S/C19H28N2O2/c1-3-4-7-15(9-14-6-5-8-16(10-14)23-2)21-17(22)18-11-19(20,12-18)13-18/h5-6,8,10,15H,3-4,7,9,11-13,20H2,1-2H3,(H,21,22). The summed E-state index contributed by atoms with van der Waals surface area (Å²) in [5.74, 6) is 1.08. The van der Waals surface area contributed by atoms with E-state index in [1.54, 1.807) is 7.11 Å². The van der Waals surface area contributed by atoms with Crippen LogP contribution in [-0.4, -0.2) is 24.6 Å². The molecule has 2 bridgehead atoms. The quantitative estimate of drug-likeness (QED) is 0.775. The molecule has 0 aromatic heterocycles. The van der Waals surface area contributed by atoms with Crippen molar-refractivity contribution in [1.29, 1.82) is 0 Å². The zero-order chi connectivity index (χ0) is 16.5. The number of rotatable bonds is 8. The monoisotopic (exact) mass is 316 g/mol. The molecular weight excluding hydrogens is 288 g/mol. The molecule has 4 rings (SSSR count).